The van der Waals surface area contributed by atoms with Gasteiger partial charge in [0.25, 0.3) is 5.91 Å². The summed E-state index contributed by atoms with van der Waals surface area (Å²) in [6.45, 7) is 0. The van der Waals surface area contributed by atoms with Crippen molar-refractivity contribution < 1.29 is 14.3 Å². The summed E-state index contributed by atoms with van der Waals surface area (Å²) in [4.78, 5) is 16.3. The first-order valence-electron chi connectivity index (χ1n) is 8.97. The van der Waals surface area contributed by atoms with Crippen LogP contribution in [0.1, 0.15) is 34.5 Å². The summed E-state index contributed by atoms with van der Waals surface area (Å²) in [7, 11) is 3.06. The molecule has 0 fully saturated rings. The summed E-state index contributed by atoms with van der Waals surface area (Å²) in [5, 5.41) is 4.46. The van der Waals surface area contributed by atoms with Gasteiger partial charge >= 0.3 is 0 Å². The molecule has 3 aromatic rings. The van der Waals surface area contributed by atoms with Crippen LogP contribution in [0.4, 0.5) is 5.69 Å². The Morgan fingerprint density at radius 3 is 2.63 bits per heavy atom. The third-order valence-electron chi connectivity index (χ3n) is 5.08. The maximum Gasteiger partial charge on any atom is 0.255 e. The van der Waals surface area contributed by atoms with E-state index in [4.69, 9.17) is 21.1 Å². The van der Waals surface area contributed by atoms with Crippen molar-refractivity contribution in [2.45, 2.75) is 25.7 Å². The highest BCUT2D eigenvalue weighted by Crippen LogP contribution is 2.36. The molecule has 1 aliphatic rings. The molecule has 0 atom stereocenters. The lowest BCUT2D eigenvalue weighted by Crippen LogP contribution is -2.13. The molecule has 2 N–H and O–H groups in total. The van der Waals surface area contributed by atoms with Crippen molar-refractivity contribution in [2.24, 2.45) is 0 Å². The minimum Gasteiger partial charge on any atom is -0.495 e. The number of aromatic nitrogens is 1. The Morgan fingerprint density at radius 1 is 1.07 bits per heavy atom. The number of benzene rings is 2. The van der Waals surface area contributed by atoms with Crippen LogP contribution in [0.15, 0.2) is 30.3 Å². The lowest BCUT2D eigenvalue weighted by atomic mass is 9.95. The van der Waals surface area contributed by atoms with Gasteiger partial charge in [-0.3, -0.25) is 4.79 Å². The zero-order valence-electron chi connectivity index (χ0n) is 15.3. The van der Waals surface area contributed by atoms with Gasteiger partial charge in [0, 0.05) is 34.3 Å². The largest absolute Gasteiger partial charge is 0.495 e. The van der Waals surface area contributed by atoms with Crippen LogP contribution < -0.4 is 14.8 Å². The molecule has 5 nitrogen and oxygen atoms in total. The normalized spacial score (nSPS) is 13.3. The molecule has 1 amide bonds. The van der Waals surface area contributed by atoms with Gasteiger partial charge in [-0.15, -0.1) is 0 Å². The fraction of sp³-hybridized carbons (Fsp3) is 0.286. The Labute approximate surface area is 162 Å². The number of hydrogen-bond acceptors (Lipinski definition) is 3. The number of anilines is 1. The van der Waals surface area contributed by atoms with Crippen LogP contribution in [-0.4, -0.2) is 25.1 Å². The fourth-order valence-corrected chi connectivity index (χ4v) is 3.93. The molecule has 6 heteroatoms. The molecule has 0 spiro atoms. The van der Waals surface area contributed by atoms with Crippen molar-refractivity contribution in [1.29, 1.82) is 0 Å². The number of hydrogen-bond donors (Lipinski definition) is 2. The average molecular weight is 385 g/mol. The molecule has 0 radical (unpaired) electrons. The minimum atomic E-state index is -0.203. The monoisotopic (exact) mass is 384 g/mol. The molecule has 0 saturated carbocycles. The van der Waals surface area contributed by atoms with Gasteiger partial charge in [-0.2, -0.15) is 0 Å². The van der Waals surface area contributed by atoms with Crippen molar-refractivity contribution in [3.63, 3.8) is 0 Å². The van der Waals surface area contributed by atoms with E-state index in [1.807, 2.05) is 18.2 Å². The zero-order valence-corrected chi connectivity index (χ0v) is 16.1. The number of methoxy groups -OCH3 is 2. The van der Waals surface area contributed by atoms with E-state index < -0.39 is 0 Å². The molecule has 1 heterocycles. The molecule has 0 saturated heterocycles. The lowest BCUT2D eigenvalue weighted by Gasteiger charge is -2.13. The van der Waals surface area contributed by atoms with Crippen LogP contribution >= 0.6 is 11.6 Å². The topological polar surface area (TPSA) is 63.3 Å². The SMILES string of the molecule is COc1cc(NC(=O)c2ccc3[nH]c4c(c3c2)CCCC4)c(OC)cc1Cl. The first kappa shape index (κ1) is 17.7. The Balaban J connectivity index is 1.67. The average Bonchev–Trinajstić information content (AvgIpc) is 3.06. The first-order chi connectivity index (χ1) is 13.1. The van der Waals surface area contributed by atoms with Crippen LogP contribution in [0.5, 0.6) is 11.5 Å². The van der Waals surface area contributed by atoms with E-state index in [1.165, 1.54) is 38.3 Å². The number of ether oxygens (including phenoxy) is 2. The Morgan fingerprint density at radius 2 is 1.85 bits per heavy atom. The summed E-state index contributed by atoms with van der Waals surface area (Å²) in [5.41, 5.74) is 4.85. The van der Waals surface area contributed by atoms with Gasteiger partial charge in [0.2, 0.25) is 0 Å². The summed E-state index contributed by atoms with van der Waals surface area (Å²) < 4.78 is 10.6. The number of rotatable bonds is 4. The Hall–Kier alpha value is -2.66. The van der Waals surface area contributed by atoms with Crippen molar-refractivity contribution in [1.82, 2.24) is 4.98 Å². The molecule has 1 aliphatic carbocycles. The number of amides is 1. The van der Waals surface area contributed by atoms with Gasteiger partial charge in [0.15, 0.2) is 0 Å². The zero-order chi connectivity index (χ0) is 19.0. The second kappa shape index (κ2) is 7.16. The van der Waals surface area contributed by atoms with E-state index in [1.54, 1.807) is 12.1 Å². The van der Waals surface area contributed by atoms with Gasteiger partial charge in [-0.1, -0.05) is 11.6 Å². The standard InChI is InChI=1S/C21H21ClN2O3/c1-26-19-11-18(20(27-2)10-15(19)22)24-21(25)12-7-8-17-14(9-12)13-5-3-4-6-16(13)23-17/h7-11,23H,3-6H2,1-2H3,(H,24,25). The maximum atomic E-state index is 12.8. The molecule has 140 valence electrons. The third-order valence-corrected chi connectivity index (χ3v) is 5.38. The van der Waals surface area contributed by atoms with E-state index >= 15 is 0 Å². The van der Waals surface area contributed by atoms with Gasteiger partial charge in [0.1, 0.15) is 11.5 Å². The highest BCUT2D eigenvalue weighted by Gasteiger charge is 2.18. The maximum absolute atomic E-state index is 12.8. The molecule has 1 aromatic heterocycles. The van der Waals surface area contributed by atoms with Gasteiger partial charge in [-0.05, 0) is 49.4 Å². The van der Waals surface area contributed by atoms with Crippen molar-refractivity contribution >= 4 is 34.1 Å². The molecular formula is C21H21ClN2O3. The fourth-order valence-electron chi connectivity index (χ4n) is 3.70. The van der Waals surface area contributed by atoms with Crippen molar-refractivity contribution in [3.8, 4) is 11.5 Å². The van der Waals surface area contributed by atoms with E-state index in [9.17, 15) is 4.79 Å². The molecular weight excluding hydrogens is 364 g/mol. The van der Waals surface area contributed by atoms with Crippen LogP contribution in [0.25, 0.3) is 10.9 Å². The van der Waals surface area contributed by atoms with Crippen LogP contribution in [-0.2, 0) is 12.8 Å². The summed E-state index contributed by atoms with van der Waals surface area (Å²) >= 11 is 6.13. The van der Waals surface area contributed by atoms with Crippen LogP contribution in [0.2, 0.25) is 5.02 Å². The third kappa shape index (κ3) is 3.23. The van der Waals surface area contributed by atoms with E-state index in [0.29, 0.717) is 27.8 Å². The van der Waals surface area contributed by atoms with E-state index in [-0.39, 0.29) is 5.91 Å². The first-order valence-corrected chi connectivity index (χ1v) is 9.35. The van der Waals surface area contributed by atoms with Gasteiger partial charge in [0.05, 0.1) is 24.9 Å². The molecule has 4 rings (SSSR count). The van der Waals surface area contributed by atoms with Crippen LogP contribution in [0, 0.1) is 0 Å². The summed E-state index contributed by atoms with van der Waals surface area (Å²) in [5.74, 6) is 0.752. The van der Waals surface area contributed by atoms with Crippen molar-refractivity contribution in [3.05, 3.63) is 52.2 Å². The molecule has 2 aromatic carbocycles. The molecule has 0 aliphatic heterocycles. The second-order valence-electron chi connectivity index (χ2n) is 6.69. The quantitative estimate of drug-likeness (QED) is 0.667. The minimum absolute atomic E-state index is 0.203. The number of fused-ring (bicyclic) bond motifs is 3. The smallest absolute Gasteiger partial charge is 0.255 e. The molecule has 27 heavy (non-hydrogen) atoms. The Bertz CT molecular complexity index is 1030. The number of carbonyl (C=O) groups excluding carboxylic acids is 1. The highest BCUT2D eigenvalue weighted by atomic mass is 35.5. The molecule has 0 bridgehead atoms. The van der Waals surface area contributed by atoms with Crippen LogP contribution in [0.3, 0.4) is 0 Å². The number of aromatic amines is 1. The number of aryl methyl sites for hydroxylation is 2. The summed E-state index contributed by atoms with van der Waals surface area (Å²) in [6.07, 6.45) is 4.54. The van der Waals surface area contributed by atoms with Gasteiger partial charge in [-0.25, -0.2) is 0 Å². The lowest BCUT2D eigenvalue weighted by molar-refractivity contribution is 0.102. The van der Waals surface area contributed by atoms with E-state index in [0.717, 1.165) is 23.7 Å². The van der Waals surface area contributed by atoms with Crippen molar-refractivity contribution in [2.75, 3.05) is 19.5 Å². The Kier molecular flexibility index (Phi) is 4.70. The number of carbonyl (C=O) groups is 1. The number of halogens is 1. The number of H-pyrrole nitrogens is 1. The molecule has 0 unspecified atom stereocenters. The predicted molar refractivity (Wildman–Crippen MR) is 107 cm³/mol. The predicted octanol–water partition coefficient (Wildman–Crippen LogP) is 4.97. The van der Waals surface area contributed by atoms with E-state index in [2.05, 4.69) is 10.3 Å². The highest BCUT2D eigenvalue weighted by molar-refractivity contribution is 6.32. The number of nitrogens with one attached hydrogen (secondary N) is 2. The second-order valence-corrected chi connectivity index (χ2v) is 7.10. The van der Waals surface area contributed by atoms with Gasteiger partial charge < -0.3 is 19.8 Å². The summed E-state index contributed by atoms with van der Waals surface area (Å²) in [6, 6.07) is 9.06.